The zero-order valence-corrected chi connectivity index (χ0v) is 6.90. The van der Waals surface area contributed by atoms with Gasteiger partial charge in [-0.2, -0.15) is 0 Å². The number of hydrogen-bond donors (Lipinski definition) is 0. The van der Waals surface area contributed by atoms with Crippen LogP contribution >= 0.6 is 0 Å². The lowest BCUT2D eigenvalue weighted by molar-refractivity contribution is 0.387. The number of allylic oxidation sites excluding steroid dienone is 1. The zero-order valence-electron chi connectivity index (χ0n) is 6.90. The fourth-order valence-electron chi connectivity index (χ4n) is 1.77. The number of rotatable bonds is 1. The Hall–Kier alpha value is -0.260. The second-order valence-electron chi connectivity index (χ2n) is 3.41. The van der Waals surface area contributed by atoms with Gasteiger partial charge in [-0.05, 0) is 44.4 Å². The van der Waals surface area contributed by atoms with Crippen molar-refractivity contribution in [1.82, 2.24) is 0 Å². The summed E-state index contributed by atoms with van der Waals surface area (Å²) in [4.78, 5) is 0. The summed E-state index contributed by atoms with van der Waals surface area (Å²) in [6, 6.07) is 0. The van der Waals surface area contributed by atoms with Crippen LogP contribution in [0.15, 0.2) is 12.2 Å². The summed E-state index contributed by atoms with van der Waals surface area (Å²) in [6.45, 7) is 10.4. The first-order valence-electron chi connectivity index (χ1n) is 4.24. The predicted octanol–water partition coefficient (Wildman–Crippen LogP) is 3.20. The van der Waals surface area contributed by atoms with Crippen LogP contribution < -0.4 is 0 Å². The third kappa shape index (κ3) is 1.62. The summed E-state index contributed by atoms with van der Waals surface area (Å²) in [7, 11) is 0. The van der Waals surface area contributed by atoms with Crippen LogP contribution in [0, 0.1) is 18.8 Å². The molecule has 1 radical (unpaired) electrons. The van der Waals surface area contributed by atoms with Crippen molar-refractivity contribution in [3.63, 3.8) is 0 Å². The van der Waals surface area contributed by atoms with Gasteiger partial charge in [-0.3, -0.25) is 0 Å². The molecule has 0 heterocycles. The van der Waals surface area contributed by atoms with Crippen molar-refractivity contribution in [3.8, 4) is 0 Å². The van der Waals surface area contributed by atoms with Gasteiger partial charge in [0.1, 0.15) is 0 Å². The normalized spacial score (nSPS) is 34.4. The molecule has 0 bridgehead atoms. The van der Waals surface area contributed by atoms with Crippen LogP contribution in [0.5, 0.6) is 0 Å². The van der Waals surface area contributed by atoms with E-state index in [1.54, 1.807) is 0 Å². The summed E-state index contributed by atoms with van der Waals surface area (Å²) < 4.78 is 0. The average Bonchev–Trinajstić information content (AvgIpc) is 1.88. The van der Waals surface area contributed by atoms with Gasteiger partial charge in [-0.15, -0.1) is 0 Å². The second kappa shape index (κ2) is 3.23. The Balaban J connectivity index is 2.43. The SMILES string of the molecule is [CH2]C1CCC(CC)C(=C)C1. The summed E-state index contributed by atoms with van der Waals surface area (Å²) in [5.74, 6) is 1.45. The third-order valence-corrected chi connectivity index (χ3v) is 2.54. The molecule has 1 rings (SSSR count). The Kier molecular flexibility index (Phi) is 2.53. The molecule has 57 valence electrons. The van der Waals surface area contributed by atoms with Crippen molar-refractivity contribution in [2.24, 2.45) is 11.8 Å². The molecule has 0 aromatic rings. The first-order valence-corrected chi connectivity index (χ1v) is 4.24. The van der Waals surface area contributed by atoms with Gasteiger partial charge in [0.15, 0.2) is 0 Å². The van der Waals surface area contributed by atoms with Crippen molar-refractivity contribution in [1.29, 1.82) is 0 Å². The fraction of sp³-hybridized carbons (Fsp3) is 0.700. The summed E-state index contributed by atoms with van der Waals surface area (Å²) in [5.41, 5.74) is 1.44. The minimum absolute atomic E-state index is 0.648. The molecule has 1 saturated carbocycles. The Morgan fingerprint density at radius 3 is 2.70 bits per heavy atom. The molecule has 0 amide bonds. The molecule has 0 heteroatoms. The maximum atomic E-state index is 4.08. The molecule has 0 saturated heterocycles. The van der Waals surface area contributed by atoms with E-state index in [1.807, 2.05) is 0 Å². The van der Waals surface area contributed by atoms with Crippen LogP contribution in [0.3, 0.4) is 0 Å². The van der Waals surface area contributed by atoms with E-state index in [4.69, 9.17) is 0 Å². The topological polar surface area (TPSA) is 0 Å². The van der Waals surface area contributed by atoms with E-state index in [2.05, 4.69) is 20.4 Å². The van der Waals surface area contributed by atoms with Gasteiger partial charge >= 0.3 is 0 Å². The van der Waals surface area contributed by atoms with Crippen LogP contribution in [0.1, 0.15) is 32.6 Å². The lowest BCUT2D eigenvalue weighted by Gasteiger charge is -2.27. The molecule has 0 nitrogen and oxygen atoms in total. The molecule has 1 fully saturated rings. The van der Waals surface area contributed by atoms with E-state index in [0.29, 0.717) is 5.92 Å². The van der Waals surface area contributed by atoms with E-state index in [0.717, 1.165) is 5.92 Å². The smallest absolute Gasteiger partial charge is 0.0208 e. The van der Waals surface area contributed by atoms with E-state index in [-0.39, 0.29) is 0 Å². The fourth-order valence-corrected chi connectivity index (χ4v) is 1.77. The standard InChI is InChI=1S/C10H17/c1-4-10-6-5-8(2)7-9(10)3/h8,10H,2-7H2,1H3. The molecule has 0 aromatic carbocycles. The average molecular weight is 137 g/mol. The van der Waals surface area contributed by atoms with Crippen molar-refractivity contribution in [3.05, 3.63) is 19.1 Å². The van der Waals surface area contributed by atoms with Crippen molar-refractivity contribution in [2.45, 2.75) is 32.6 Å². The quantitative estimate of drug-likeness (QED) is 0.487. The summed E-state index contributed by atoms with van der Waals surface area (Å²) in [6.07, 6.45) is 5.06. The number of hydrogen-bond acceptors (Lipinski definition) is 0. The third-order valence-electron chi connectivity index (χ3n) is 2.54. The predicted molar refractivity (Wildman–Crippen MR) is 45.6 cm³/mol. The zero-order chi connectivity index (χ0) is 7.56. The van der Waals surface area contributed by atoms with Gasteiger partial charge in [-0.1, -0.05) is 19.1 Å². The Morgan fingerprint density at radius 2 is 2.20 bits per heavy atom. The first kappa shape index (κ1) is 7.84. The lowest BCUT2D eigenvalue weighted by atomic mass is 9.78. The minimum Gasteiger partial charge on any atom is -0.0996 e. The molecular formula is C10H17. The Morgan fingerprint density at radius 1 is 1.50 bits per heavy atom. The maximum absolute atomic E-state index is 4.08. The Bertz CT molecular complexity index is 124. The highest BCUT2D eigenvalue weighted by molar-refractivity contribution is 5.05. The largest absolute Gasteiger partial charge is 0.0996 e. The molecule has 10 heavy (non-hydrogen) atoms. The second-order valence-corrected chi connectivity index (χ2v) is 3.41. The molecular weight excluding hydrogens is 120 g/mol. The van der Waals surface area contributed by atoms with Crippen molar-refractivity contribution >= 4 is 0 Å². The molecule has 0 aromatic heterocycles. The highest BCUT2D eigenvalue weighted by Crippen LogP contribution is 2.33. The van der Waals surface area contributed by atoms with Gasteiger partial charge < -0.3 is 0 Å². The van der Waals surface area contributed by atoms with Crippen LogP contribution in [-0.2, 0) is 0 Å². The monoisotopic (exact) mass is 137 g/mol. The molecule has 1 aliphatic carbocycles. The highest BCUT2D eigenvalue weighted by atomic mass is 14.2. The molecule has 0 N–H and O–H groups in total. The van der Waals surface area contributed by atoms with Gasteiger partial charge in [0.2, 0.25) is 0 Å². The molecule has 2 unspecified atom stereocenters. The van der Waals surface area contributed by atoms with Gasteiger partial charge in [0.25, 0.3) is 0 Å². The molecule has 0 spiro atoms. The van der Waals surface area contributed by atoms with E-state index < -0.39 is 0 Å². The maximum Gasteiger partial charge on any atom is -0.0208 e. The molecule has 2 atom stereocenters. The van der Waals surface area contributed by atoms with Crippen LogP contribution in [0.25, 0.3) is 0 Å². The van der Waals surface area contributed by atoms with Crippen LogP contribution in [0.4, 0.5) is 0 Å². The highest BCUT2D eigenvalue weighted by Gasteiger charge is 2.19. The molecule has 1 aliphatic rings. The van der Waals surface area contributed by atoms with Crippen LogP contribution in [0.2, 0.25) is 0 Å². The van der Waals surface area contributed by atoms with Crippen LogP contribution in [-0.4, -0.2) is 0 Å². The molecule has 0 aliphatic heterocycles. The summed E-state index contributed by atoms with van der Waals surface area (Å²) in [5, 5.41) is 0. The van der Waals surface area contributed by atoms with Gasteiger partial charge in [-0.25, -0.2) is 0 Å². The van der Waals surface area contributed by atoms with Crippen molar-refractivity contribution < 1.29 is 0 Å². The van der Waals surface area contributed by atoms with Gasteiger partial charge in [0.05, 0.1) is 0 Å². The van der Waals surface area contributed by atoms with E-state index >= 15 is 0 Å². The first-order chi connectivity index (χ1) is 4.74. The lowest BCUT2D eigenvalue weighted by Crippen LogP contribution is -2.13. The van der Waals surface area contributed by atoms with Crippen molar-refractivity contribution in [2.75, 3.05) is 0 Å². The van der Waals surface area contributed by atoms with E-state index in [1.165, 1.54) is 31.3 Å². The van der Waals surface area contributed by atoms with E-state index in [9.17, 15) is 0 Å². The summed E-state index contributed by atoms with van der Waals surface area (Å²) >= 11 is 0. The van der Waals surface area contributed by atoms with Gasteiger partial charge in [0, 0.05) is 0 Å². The minimum atomic E-state index is 0.648. The Labute approximate surface area is 64.3 Å².